The maximum absolute atomic E-state index is 11.9. The fraction of sp³-hybridized carbons (Fsp3) is 0.0769. The van der Waals surface area contributed by atoms with Gasteiger partial charge in [-0.3, -0.25) is 10.1 Å². The van der Waals surface area contributed by atoms with E-state index in [1.54, 1.807) is 0 Å². The van der Waals surface area contributed by atoms with Crippen LogP contribution in [-0.4, -0.2) is 20.7 Å². The zero-order valence-corrected chi connectivity index (χ0v) is 10.7. The standard InChI is InChI=1S/C13H10N4OS/c18-12(14-13-15-16-17-19-13)8-10-6-3-5-9-4-1-2-7-11(9)10/h1-7H,8H2,(H,14,15,17,18). The van der Waals surface area contributed by atoms with Crippen molar-refractivity contribution in [1.82, 2.24) is 14.8 Å². The summed E-state index contributed by atoms with van der Waals surface area (Å²) in [5, 5.41) is 12.4. The number of nitrogens with one attached hydrogen (secondary N) is 1. The predicted molar refractivity (Wildman–Crippen MR) is 74.0 cm³/mol. The molecule has 0 bridgehead atoms. The molecule has 1 N–H and O–H groups in total. The SMILES string of the molecule is O=C(Cc1cccc2ccccc12)Nc1nnns1. The normalized spacial score (nSPS) is 10.5. The molecular weight excluding hydrogens is 260 g/mol. The van der Waals surface area contributed by atoms with Gasteiger partial charge in [0, 0.05) is 11.5 Å². The zero-order chi connectivity index (χ0) is 13.1. The molecule has 0 aliphatic carbocycles. The van der Waals surface area contributed by atoms with Crippen LogP contribution in [0.15, 0.2) is 42.5 Å². The van der Waals surface area contributed by atoms with E-state index < -0.39 is 0 Å². The van der Waals surface area contributed by atoms with Crippen molar-refractivity contribution in [1.29, 1.82) is 0 Å². The van der Waals surface area contributed by atoms with Crippen molar-refractivity contribution in [2.45, 2.75) is 6.42 Å². The molecule has 0 aliphatic rings. The van der Waals surface area contributed by atoms with Gasteiger partial charge < -0.3 is 0 Å². The number of amides is 1. The molecule has 6 heteroatoms. The molecule has 0 saturated heterocycles. The minimum Gasteiger partial charge on any atom is -0.299 e. The second-order valence-electron chi connectivity index (χ2n) is 4.03. The van der Waals surface area contributed by atoms with Crippen LogP contribution in [0.25, 0.3) is 10.8 Å². The number of aromatic nitrogens is 3. The number of benzene rings is 2. The van der Waals surface area contributed by atoms with Gasteiger partial charge >= 0.3 is 0 Å². The Morgan fingerprint density at radius 3 is 2.84 bits per heavy atom. The Kier molecular flexibility index (Phi) is 3.16. The van der Waals surface area contributed by atoms with Crippen LogP contribution in [0.4, 0.5) is 5.13 Å². The van der Waals surface area contributed by atoms with E-state index in [0.717, 1.165) is 27.9 Å². The molecule has 0 fully saturated rings. The summed E-state index contributed by atoms with van der Waals surface area (Å²) < 4.78 is 3.60. The maximum Gasteiger partial charge on any atom is 0.231 e. The van der Waals surface area contributed by atoms with E-state index in [1.165, 1.54) is 0 Å². The highest BCUT2D eigenvalue weighted by Gasteiger charge is 2.08. The van der Waals surface area contributed by atoms with Gasteiger partial charge in [-0.15, -0.1) is 0 Å². The minimum absolute atomic E-state index is 0.116. The molecule has 0 spiro atoms. The first-order valence-corrected chi connectivity index (χ1v) is 6.52. The summed E-state index contributed by atoms with van der Waals surface area (Å²) in [6.07, 6.45) is 0.306. The summed E-state index contributed by atoms with van der Waals surface area (Å²) in [6, 6.07) is 14.0. The van der Waals surface area contributed by atoms with E-state index >= 15 is 0 Å². The fourth-order valence-electron chi connectivity index (χ4n) is 1.96. The van der Waals surface area contributed by atoms with E-state index in [2.05, 4.69) is 20.1 Å². The molecule has 94 valence electrons. The van der Waals surface area contributed by atoms with Gasteiger partial charge in [0.15, 0.2) is 0 Å². The highest BCUT2D eigenvalue weighted by atomic mass is 32.1. The van der Waals surface area contributed by atoms with Crippen LogP contribution < -0.4 is 5.32 Å². The van der Waals surface area contributed by atoms with Crippen molar-refractivity contribution in [3.05, 3.63) is 48.0 Å². The molecule has 0 aliphatic heterocycles. The molecule has 5 nitrogen and oxygen atoms in total. The number of carbonyl (C=O) groups is 1. The second-order valence-corrected chi connectivity index (χ2v) is 4.76. The first kappa shape index (κ1) is 11.7. The predicted octanol–water partition coefficient (Wildman–Crippen LogP) is 2.27. The Morgan fingerprint density at radius 2 is 2.00 bits per heavy atom. The largest absolute Gasteiger partial charge is 0.299 e. The van der Waals surface area contributed by atoms with Gasteiger partial charge in [0.25, 0.3) is 0 Å². The molecule has 0 radical (unpaired) electrons. The van der Waals surface area contributed by atoms with Crippen molar-refractivity contribution in [3.63, 3.8) is 0 Å². The molecule has 1 heterocycles. The lowest BCUT2D eigenvalue weighted by atomic mass is 10.0. The van der Waals surface area contributed by atoms with Gasteiger partial charge in [0.1, 0.15) is 0 Å². The van der Waals surface area contributed by atoms with Gasteiger partial charge in [-0.25, -0.2) is 0 Å². The van der Waals surface area contributed by atoms with Crippen molar-refractivity contribution >= 4 is 33.3 Å². The topological polar surface area (TPSA) is 67.8 Å². The van der Waals surface area contributed by atoms with Crippen LogP contribution in [-0.2, 0) is 11.2 Å². The van der Waals surface area contributed by atoms with Crippen LogP contribution in [0.3, 0.4) is 0 Å². The average molecular weight is 270 g/mol. The molecule has 3 aromatic rings. The molecule has 1 amide bonds. The number of carbonyl (C=O) groups excluding carboxylic acids is 1. The van der Waals surface area contributed by atoms with Crippen LogP contribution in [0, 0.1) is 0 Å². The van der Waals surface area contributed by atoms with Crippen LogP contribution >= 0.6 is 11.5 Å². The first-order valence-electron chi connectivity index (χ1n) is 5.74. The highest BCUT2D eigenvalue weighted by Crippen LogP contribution is 2.19. The number of hydrogen-bond donors (Lipinski definition) is 1. The number of hydrogen-bond acceptors (Lipinski definition) is 5. The summed E-state index contributed by atoms with van der Waals surface area (Å²) in [6.45, 7) is 0. The van der Waals surface area contributed by atoms with Crippen molar-refractivity contribution < 1.29 is 4.79 Å². The molecule has 1 aromatic heterocycles. The molecule has 0 unspecified atom stereocenters. The number of fused-ring (bicyclic) bond motifs is 1. The van der Waals surface area contributed by atoms with E-state index in [4.69, 9.17) is 0 Å². The Balaban J connectivity index is 1.83. The van der Waals surface area contributed by atoms with Gasteiger partial charge in [0.2, 0.25) is 11.0 Å². The van der Waals surface area contributed by atoms with Crippen LogP contribution in [0.1, 0.15) is 5.56 Å². The third kappa shape index (κ3) is 2.58. The van der Waals surface area contributed by atoms with Gasteiger partial charge in [-0.1, -0.05) is 52.1 Å². The van der Waals surface area contributed by atoms with Crippen LogP contribution in [0.5, 0.6) is 0 Å². The molecule has 0 saturated carbocycles. The molecule has 3 rings (SSSR count). The summed E-state index contributed by atoms with van der Waals surface area (Å²) >= 11 is 1.06. The van der Waals surface area contributed by atoms with Crippen LogP contribution in [0.2, 0.25) is 0 Å². The van der Waals surface area contributed by atoms with Crippen molar-refractivity contribution in [2.24, 2.45) is 0 Å². The summed E-state index contributed by atoms with van der Waals surface area (Å²) in [5.74, 6) is -0.116. The third-order valence-corrected chi connectivity index (χ3v) is 3.29. The molecule has 0 atom stereocenters. The minimum atomic E-state index is -0.116. The lowest BCUT2D eigenvalue weighted by Crippen LogP contribution is -2.14. The highest BCUT2D eigenvalue weighted by molar-refractivity contribution is 7.09. The Morgan fingerprint density at radius 1 is 1.16 bits per heavy atom. The fourth-order valence-corrected chi connectivity index (χ4v) is 2.35. The third-order valence-electron chi connectivity index (χ3n) is 2.78. The number of nitrogens with zero attached hydrogens (tertiary/aromatic N) is 3. The maximum atomic E-state index is 11.9. The Hall–Kier alpha value is -2.34. The van der Waals surface area contributed by atoms with Crippen molar-refractivity contribution in [2.75, 3.05) is 5.32 Å². The lowest BCUT2D eigenvalue weighted by Gasteiger charge is -2.05. The lowest BCUT2D eigenvalue weighted by molar-refractivity contribution is -0.115. The Bertz CT molecular complexity index is 706. The van der Waals surface area contributed by atoms with E-state index in [1.807, 2.05) is 42.5 Å². The van der Waals surface area contributed by atoms with Gasteiger partial charge in [0.05, 0.1) is 6.42 Å². The quantitative estimate of drug-likeness (QED) is 0.792. The van der Waals surface area contributed by atoms with E-state index in [-0.39, 0.29) is 5.91 Å². The van der Waals surface area contributed by atoms with Crippen molar-refractivity contribution in [3.8, 4) is 0 Å². The van der Waals surface area contributed by atoms with E-state index in [9.17, 15) is 4.79 Å². The van der Waals surface area contributed by atoms with Gasteiger partial charge in [-0.05, 0) is 21.5 Å². The van der Waals surface area contributed by atoms with E-state index in [0.29, 0.717) is 11.6 Å². The Labute approximate surface area is 113 Å². The smallest absolute Gasteiger partial charge is 0.231 e. The molecular formula is C13H10N4OS. The number of rotatable bonds is 3. The first-order chi connectivity index (χ1) is 9.33. The molecule has 19 heavy (non-hydrogen) atoms. The summed E-state index contributed by atoms with van der Waals surface area (Å²) in [7, 11) is 0. The zero-order valence-electron chi connectivity index (χ0n) is 9.91. The number of anilines is 1. The monoisotopic (exact) mass is 270 g/mol. The second kappa shape index (κ2) is 5.11. The molecule has 2 aromatic carbocycles. The average Bonchev–Trinajstić information content (AvgIpc) is 2.92. The van der Waals surface area contributed by atoms with Gasteiger partial charge in [-0.2, -0.15) is 0 Å². The summed E-state index contributed by atoms with van der Waals surface area (Å²) in [4.78, 5) is 11.9. The summed E-state index contributed by atoms with van der Waals surface area (Å²) in [5.41, 5.74) is 0.994.